The monoisotopic (exact) mass is 487 g/mol. The summed E-state index contributed by atoms with van der Waals surface area (Å²) in [5.74, 6) is 2.96. The van der Waals surface area contributed by atoms with Gasteiger partial charge in [-0.3, -0.25) is 0 Å². The zero-order chi connectivity index (χ0) is 24.1. The number of aromatic nitrogens is 2. The molecule has 0 amide bonds. The van der Waals surface area contributed by atoms with Gasteiger partial charge < -0.3 is 14.7 Å². The summed E-state index contributed by atoms with van der Waals surface area (Å²) in [6.45, 7) is 7.02. The fourth-order valence-corrected chi connectivity index (χ4v) is 6.26. The van der Waals surface area contributed by atoms with Crippen molar-refractivity contribution in [3.05, 3.63) is 47.8 Å². The van der Waals surface area contributed by atoms with E-state index in [1.807, 2.05) is 24.5 Å². The van der Waals surface area contributed by atoms with Crippen molar-refractivity contribution in [2.45, 2.75) is 63.6 Å². The molecule has 3 atom stereocenters. The molecule has 34 heavy (non-hydrogen) atoms. The number of hydrogen-bond donors (Lipinski definition) is 1. The number of anilines is 1. The zero-order valence-electron chi connectivity index (χ0n) is 20.3. The zero-order valence-corrected chi connectivity index (χ0v) is 21.1. The standard InChI is InChI=1S/C26H37N3O4S/c1-3-20-15-27-26(28-16-20)29-11-8-22(9-12-29)25-14-23(25)18-33-17-21-4-6-24(7-5-21)34(31,32)13-10-19(2)30/h4-7,15-16,19,22-23,25,30H,3,8-14,17-18H2,1-2H3. The van der Waals surface area contributed by atoms with Gasteiger partial charge in [0.05, 0.1) is 30.0 Å². The number of aliphatic hydroxyl groups excluding tert-OH is 1. The molecular weight excluding hydrogens is 450 g/mol. The molecule has 186 valence electrons. The van der Waals surface area contributed by atoms with Gasteiger partial charge in [0.2, 0.25) is 5.95 Å². The Kier molecular flexibility index (Phi) is 8.22. The maximum absolute atomic E-state index is 12.3. The molecule has 8 heteroatoms. The van der Waals surface area contributed by atoms with E-state index in [2.05, 4.69) is 21.8 Å². The molecule has 2 aromatic rings. The van der Waals surface area contributed by atoms with E-state index in [0.29, 0.717) is 17.4 Å². The summed E-state index contributed by atoms with van der Waals surface area (Å²) in [5.41, 5.74) is 2.15. The topological polar surface area (TPSA) is 92.6 Å². The summed E-state index contributed by atoms with van der Waals surface area (Å²) in [6.07, 6.45) is 8.08. The fourth-order valence-electron chi connectivity index (χ4n) is 4.83. The maximum Gasteiger partial charge on any atom is 0.225 e. The van der Waals surface area contributed by atoms with Crippen molar-refractivity contribution in [3.8, 4) is 0 Å². The van der Waals surface area contributed by atoms with Crippen molar-refractivity contribution in [3.63, 3.8) is 0 Å². The lowest BCUT2D eigenvalue weighted by Gasteiger charge is -2.32. The molecule has 0 radical (unpaired) electrons. The Morgan fingerprint density at radius 3 is 2.41 bits per heavy atom. The molecule has 7 nitrogen and oxygen atoms in total. The van der Waals surface area contributed by atoms with Gasteiger partial charge in [-0.2, -0.15) is 0 Å². The molecule has 1 N–H and O–H groups in total. The highest BCUT2D eigenvalue weighted by atomic mass is 32.2. The molecule has 2 fully saturated rings. The minimum Gasteiger partial charge on any atom is -0.393 e. The summed E-state index contributed by atoms with van der Waals surface area (Å²) in [5, 5.41) is 9.34. The highest BCUT2D eigenvalue weighted by molar-refractivity contribution is 7.91. The maximum atomic E-state index is 12.3. The lowest BCUT2D eigenvalue weighted by molar-refractivity contribution is 0.104. The Labute approximate surface area is 203 Å². The van der Waals surface area contributed by atoms with Gasteiger partial charge in [-0.1, -0.05) is 19.1 Å². The third-order valence-corrected chi connectivity index (χ3v) is 8.96. The van der Waals surface area contributed by atoms with Crippen LogP contribution in [0.25, 0.3) is 0 Å². The van der Waals surface area contributed by atoms with Gasteiger partial charge in [-0.05, 0) is 80.0 Å². The molecule has 1 aliphatic heterocycles. The van der Waals surface area contributed by atoms with E-state index in [1.54, 1.807) is 19.1 Å². The van der Waals surface area contributed by atoms with E-state index in [0.717, 1.165) is 49.5 Å². The van der Waals surface area contributed by atoms with Crippen LogP contribution in [0.15, 0.2) is 41.6 Å². The third-order valence-electron chi connectivity index (χ3n) is 7.19. The van der Waals surface area contributed by atoms with Crippen LogP contribution < -0.4 is 4.90 Å². The lowest BCUT2D eigenvalue weighted by atomic mass is 9.91. The Morgan fingerprint density at radius 1 is 1.12 bits per heavy atom. The SMILES string of the molecule is CCc1cnc(N2CCC(C3CC3COCc3ccc(S(=O)(=O)CCC(C)O)cc3)CC2)nc1. The van der Waals surface area contributed by atoms with Gasteiger partial charge in [0, 0.05) is 25.5 Å². The summed E-state index contributed by atoms with van der Waals surface area (Å²) in [6, 6.07) is 6.93. The fraction of sp³-hybridized carbons (Fsp3) is 0.615. The van der Waals surface area contributed by atoms with Crippen LogP contribution in [-0.2, 0) is 27.6 Å². The average Bonchev–Trinajstić information content (AvgIpc) is 3.63. The molecule has 1 aromatic carbocycles. The molecule has 0 bridgehead atoms. The lowest BCUT2D eigenvalue weighted by Crippen LogP contribution is -2.35. The number of sulfone groups is 1. The van der Waals surface area contributed by atoms with E-state index in [9.17, 15) is 13.5 Å². The van der Waals surface area contributed by atoms with Gasteiger partial charge in [-0.15, -0.1) is 0 Å². The van der Waals surface area contributed by atoms with Gasteiger partial charge in [0.1, 0.15) is 0 Å². The number of ether oxygens (including phenoxy) is 1. The van der Waals surface area contributed by atoms with Crippen LogP contribution in [0, 0.1) is 17.8 Å². The molecule has 1 aromatic heterocycles. The summed E-state index contributed by atoms with van der Waals surface area (Å²) in [7, 11) is -3.35. The quantitative estimate of drug-likeness (QED) is 0.517. The van der Waals surface area contributed by atoms with E-state index in [-0.39, 0.29) is 12.2 Å². The summed E-state index contributed by atoms with van der Waals surface area (Å²) < 4.78 is 30.6. The summed E-state index contributed by atoms with van der Waals surface area (Å²) in [4.78, 5) is 11.7. The first-order valence-corrected chi connectivity index (χ1v) is 14.1. The van der Waals surface area contributed by atoms with E-state index in [4.69, 9.17) is 4.74 Å². The molecule has 0 spiro atoms. The van der Waals surface area contributed by atoms with Gasteiger partial charge in [0.25, 0.3) is 0 Å². The second-order valence-electron chi connectivity index (χ2n) is 9.84. The van der Waals surface area contributed by atoms with Crippen LogP contribution in [0.1, 0.15) is 50.7 Å². The number of nitrogens with zero attached hydrogens (tertiary/aromatic N) is 3. The van der Waals surface area contributed by atoms with E-state index in [1.165, 1.54) is 24.8 Å². The van der Waals surface area contributed by atoms with Crippen molar-refractivity contribution >= 4 is 15.8 Å². The molecule has 2 heterocycles. The molecule has 4 rings (SSSR count). The van der Waals surface area contributed by atoms with Crippen molar-refractivity contribution < 1.29 is 18.3 Å². The van der Waals surface area contributed by atoms with Crippen LogP contribution in [0.5, 0.6) is 0 Å². The average molecular weight is 488 g/mol. The normalized spacial score (nSPS) is 22.0. The van der Waals surface area contributed by atoms with E-state index < -0.39 is 15.9 Å². The molecule has 1 saturated heterocycles. The van der Waals surface area contributed by atoms with Crippen LogP contribution in [0.2, 0.25) is 0 Å². The molecule has 2 aliphatic rings. The Balaban J connectivity index is 1.16. The highest BCUT2D eigenvalue weighted by Crippen LogP contribution is 2.48. The minimum atomic E-state index is -3.35. The first-order valence-electron chi connectivity index (χ1n) is 12.5. The Hall–Kier alpha value is -2.03. The molecule has 3 unspecified atom stereocenters. The largest absolute Gasteiger partial charge is 0.393 e. The number of benzene rings is 1. The number of hydrogen-bond acceptors (Lipinski definition) is 7. The molecule has 1 aliphatic carbocycles. The Morgan fingerprint density at radius 2 is 1.79 bits per heavy atom. The van der Waals surface area contributed by atoms with Crippen molar-refractivity contribution in [1.82, 2.24) is 9.97 Å². The summed E-state index contributed by atoms with van der Waals surface area (Å²) >= 11 is 0. The minimum absolute atomic E-state index is 0.0410. The van der Waals surface area contributed by atoms with Gasteiger partial charge >= 0.3 is 0 Å². The number of rotatable bonds is 11. The van der Waals surface area contributed by atoms with Crippen LogP contribution in [-0.4, -0.2) is 55.0 Å². The first kappa shape index (κ1) is 25.1. The van der Waals surface area contributed by atoms with Crippen LogP contribution in [0.4, 0.5) is 5.95 Å². The number of aliphatic hydroxyl groups is 1. The predicted octanol–water partition coefficient (Wildman–Crippen LogP) is 3.65. The highest BCUT2D eigenvalue weighted by Gasteiger charge is 2.43. The van der Waals surface area contributed by atoms with Crippen LogP contribution in [0.3, 0.4) is 0 Å². The van der Waals surface area contributed by atoms with Crippen molar-refractivity contribution in [1.29, 1.82) is 0 Å². The van der Waals surface area contributed by atoms with Crippen molar-refractivity contribution in [2.24, 2.45) is 17.8 Å². The Bertz CT molecular complexity index is 1020. The predicted molar refractivity (Wildman–Crippen MR) is 132 cm³/mol. The second-order valence-corrected chi connectivity index (χ2v) is 12.0. The van der Waals surface area contributed by atoms with Gasteiger partial charge in [-0.25, -0.2) is 18.4 Å². The number of aryl methyl sites for hydroxylation is 1. The second kappa shape index (κ2) is 11.1. The van der Waals surface area contributed by atoms with E-state index >= 15 is 0 Å². The van der Waals surface area contributed by atoms with Crippen LogP contribution >= 0.6 is 0 Å². The van der Waals surface area contributed by atoms with Gasteiger partial charge in [0.15, 0.2) is 9.84 Å². The molecule has 1 saturated carbocycles. The molecular formula is C26H37N3O4S. The third kappa shape index (κ3) is 6.55. The smallest absolute Gasteiger partial charge is 0.225 e. The number of piperidine rings is 1. The first-order chi connectivity index (χ1) is 16.4. The van der Waals surface area contributed by atoms with Crippen molar-refractivity contribution in [2.75, 3.05) is 30.3 Å².